The Hall–Kier alpha value is -1.39. The lowest BCUT2D eigenvalue weighted by molar-refractivity contribution is -0.127. The van der Waals surface area contributed by atoms with Gasteiger partial charge in [0, 0.05) is 6.54 Å². The largest absolute Gasteiger partial charge is 0.387 e. The number of aliphatic hydroxyl groups is 1. The molecule has 1 aliphatic rings. The fourth-order valence-corrected chi connectivity index (χ4v) is 2.47. The molecule has 4 nitrogen and oxygen atoms in total. The predicted molar refractivity (Wildman–Crippen MR) is 74.8 cm³/mol. The van der Waals surface area contributed by atoms with Crippen molar-refractivity contribution >= 4 is 5.91 Å². The van der Waals surface area contributed by atoms with Gasteiger partial charge in [0.15, 0.2) is 0 Å². The van der Waals surface area contributed by atoms with E-state index in [9.17, 15) is 9.90 Å². The summed E-state index contributed by atoms with van der Waals surface area (Å²) in [6.45, 7) is 5.02. The molecule has 4 heteroatoms. The quantitative estimate of drug-likeness (QED) is 0.766. The monoisotopic (exact) mass is 262 g/mol. The molecule has 0 spiro atoms. The molecule has 1 aliphatic heterocycles. The van der Waals surface area contributed by atoms with E-state index in [0.29, 0.717) is 0 Å². The zero-order chi connectivity index (χ0) is 13.9. The smallest absolute Gasteiger partial charge is 0.240 e. The van der Waals surface area contributed by atoms with E-state index in [-0.39, 0.29) is 12.5 Å². The molecule has 19 heavy (non-hydrogen) atoms. The number of carbonyl (C=O) groups excluding carboxylic acids is 1. The third kappa shape index (κ3) is 3.33. The minimum Gasteiger partial charge on any atom is -0.387 e. The highest BCUT2D eigenvalue weighted by atomic mass is 16.3. The van der Waals surface area contributed by atoms with Crippen LogP contribution >= 0.6 is 0 Å². The summed E-state index contributed by atoms with van der Waals surface area (Å²) in [5.41, 5.74) is 1.46. The molecule has 0 radical (unpaired) electrons. The summed E-state index contributed by atoms with van der Waals surface area (Å²) in [7, 11) is 0. The van der Waals surface area contributed by atoms with E-state index in [4.69, 9.17) is 0 Å². The first kappa shape index (κ1) is 14.0. The standard InChI is InChI=1S/C15H22N2O2/c1-11-5-3-6-12(9-11)13(18)10-16-14(19)15(2)7-4-8-17-15/h3,5-6,9,13,17-18H,4,7-8,10H2,1-2H3,(H,16,19). The molecule has 1 fully saturated rings. The number of aryl methyl sites for hydroxylation is 1. The Bertz CT molecular complexity index is 453. The van der Waals surface area contributed by atoms with Crippen LogP contribution in [0, 0.1) is 6.92 Å². The fourth-order valence-electron chi connectivity index (χ4n) is 2.47. The van der Waals surface area contributed by atoms with Crippen LogP contribution in [0.15, 0.2) is 24.3 Å². The summed E-state index contributed by atoms with van der Waals surface area (Å²) in [6.07, 6.45) is 1.21. The van der Waals surface area contributed by atoms with Crippen LogP contribution < -0.4 is 10.6 Å². The third-order valence-corrected chi connectivity index (χ3v) is 3.75. The Morgan fingerprint density at radius 1 is 1.58 bits per heavy atom. The van der Waals surface area contributed by atoms with Gasteiger partial charge in [-0.05, 0) is 38.8 Å². The molecule has 3 N–H and O–H groups in total. The van der Waals surface area contributed by atoms with E-state index in [1.807, 2.05) is 38.1 Å². The molecule has 0 bridgehead atoms. The van der Waals surface area contributed by atoms with Gasteiger partial charge in [-0.15, -0.1) is 0 Å². The maximum Gasteiger partial charge on any atom is 0.240 e. The zero-order valence-corrected chi connectivity index (χ0v) is 11.6. The molecule has 1 aromatic rings. The zero-order valence-electron chi connectivity index (χ0n) is 11.6. The number of hydrogen-bond acceptors (Lipinski definition) is 3. The van der Waals surface area contributed by atoms with E-state index in [1.165, 1.54) is 0 Å². The normalized spacial score (nSPS) is 24.2. The number of carbonyl (C=O) groups is 1. The van der Waals surface area contributed by atoms with Crippen molar-refractivity contribution in [2.45, 2.75) is 38.3 Å². The molecule has 0 aromatic heterocycles. The summed E-state index contributed by atoms with van der Waals surface area (Å²) in [5, 5.41) is 16.1. The van der Waals surface area contributed by atoms with Crippen LogP contribution in [0.2, 0.25) is 0 Å². The van der Waals surface area contributed by atoms with Crippen LogP contribution in [-0.2, 0) is 4.79 Å². The first-order valence-electron chi connectivity index (χ1n) is 6.79. The predicted octanol–water partition coefficient (Wildman–Crippen LogP) is 1.29. The van der Waals surface area contributed by atoms with Gasteiger partial charge in [0.1, 0.15) is 0 Å². The van der Waals surface area contributed by atoms with Crippen molar-refractivity contribution in [2.24, 2.45) is 0 Å². The number of benzene rings is 1. The van der Waals surface area contributed by atoms with Gasteiger partial charge in [0.25, 0.3) is 0 Å². The minimum absolute atomic E-state index is 0.0308. The van der Waals surface area contributed by atoms with Crippen LogP contribution in [0.4, 0.5) is 0 Å². The van der Waals surface area contributed by atoms with E-state index in [0.717, 1.165) is 30.5 Å². The molecule has 104 valence electrons. The number of nitrogens with one attached hydrogen (secondary N) is 2. The third-order valence-electron chi connectivity index (χ3n) is 3.75. The second-order valence-corrected chi connectivity index (χ2v) is 5.50. The molecular formula is C15H22N2O2. The SMILES string of the molecule is Cc1cccc(C(O)CNC(=O)C2(C)CCCN2)c1. The van der Waals surface area contributed by atoms with E-state index in [2.05, 4.69) is 10.6 Å². The maximum absolute atomic E-state index is 12.1. The molecule has 2 rings (SSSR count). The number of aliphatic hydroxyl groups excluding tert-OH is 1. The molecule has 2 unspecified atom stereocenters. The highest BCUT2D eigenvalue weighted by Gasteiger charge is 2.35. The molecular weight excluding hydrogens is 240 g/mol. The molecule has 1 heterocycles. The van der Waals surface area contributed by atoms with Crippen molar-refractivity contribution in [1.29, 1.82) is 0 Å². The lowest BCUT2D eigenvalue weighted by atomic mass is 9.99. The van der Waals surface area contributed by atoms with Gasteiger partial charge >= 0.3 is 0 Å². The van der Waals surface area contributed by atoms with Gasteiger partial charge in [-0.25, -0.2) is 0 Å². The molecule has 1 amide bonds. The van der Waals surface area contributed by atoms with Gasteiger partial charge in [-0.3, -0.25) is 4.79 Å². The number of rotatable bonds is 4. The number of amides is 1. The van der Waals surface area contributed by atoms with Crippen molar-refractivity contribution < 1.29 is 9.90 Å². The van der Waals surface area contributed by atoms with E-state index in [1.54, 1.807) is 0 Å². The summed E-state index contributed by atoms with van der Waals surface area (Å²) in [6, 6.07) is 7.71. The van der Waals surface area contributed by atoms with Crippen LogP contribution in [0.1, 0.15) is 37.0 Å². The second kappa shape index (κ2) is 5.72. The Morgan fingerprint density at radius 2 is 2.37 bits per heavy atom. The topological polar surface area (TPSA) is 61.4 Å². The van der Waals surface area contributed by atoms with Crippen molar-refractivity contribution in [2.75, 3.05) is 13.1 Å². The highest BCUT2D eigenvalue weighted by Crippen LogP contribution is 2.19. The summed E-state index contributed by atoms with van der Waals surface area (Å²) in [5.74, 6) is -0.0308. The van der Waals surface area contributed by atoms with Gasteiger partial charge < -0.3 is 15.7 Å². The van der Waals surface area contributed by atoms with E-state index < -0.39 is 11.6 Å². The number of hydrogen-bond donors (Lipinski definition) is 3. The van der Waals surface area contributed by atoms with Crippen LogP contribution in [0.3, 0.4) is 0 Å². The van der Waals surface area contributed by atoms with Crippen molar-refractivity contribution in [3.8, 4) is 0 Å². The summed E-state index contributed by atoms with van der Waals surface area (Å²) < 4.78 is 0. The average molecular weight is 262 g/mol. The van der Waals surface area contributed by atoms with Gasteiger partial charge in [0.05, 0.1) is 11.6 Å². The Kier molecular flexibility index (Phi) is 4.22. The first-order valence-corrected chi connectivity index (χ1v) is 6.79. The Labute approximate surface area is 114 Å². The highest BCUT2D eigenvalue weighted by molar-refractivity contribution is 5.86. The van der Waals surface area contributed by atoms with Crippen molar-refractivity contribution in [3.63, 3.8) is 0 Å². The molecule has 2 atom stereocenters. The minimum atomic E-state index is -0.658. The van der Waals surface area contributed by atoms with Gasteiger partial charge in [0.2, 0.25) is 5.91 Å². The van der Waals surface area contributed by atoms with E-state index >= 15 is 0 Å². The summed E-state index contributed by atoms with van der Waals surface area (Å²) >= 11 is 0. The second-order valence-electron chi connectivity index (χ2n) is 5.50. The lowest BCUT2D eigenvalue weighted by Crippen LogP contribution is -2.51. The van der Waals surface area contributed by atoms with Crippen molar-refractivity contribution in [1.82, 2.24) is 10.6 Å². The molecule has 1 aromatic carbocycles. The van der Waals surface area contributed by atoms with Gasteiger partial charge in [-0.2, -0.15) is 0 Å². The lowest BCUT2D eigenvalue weighted by Gasteiger charge is -2.24. The molecule has 0 aliphatic carbocycles. The first-order chi connectivity index (χ1) is 9.01. The average Bonchev–Trinajstić information content (AvgIpc) is 2.84. The van der Waals surface area contributed by atoms with Crippen LogP contribution in [0.5, 0.6) is 0 Å². The Balaban J connectivity index is 1.90. The molecule has 0 saturated carbocycles. The van der Waals surface area contributed by atoms with Crippen molar-refractivity contribution in [3.05, 3.63) is 35.4 Å². The van der Waals surface area contributed by atoms with Crippen LogP contribution in [0.25, 0.3) is 0 Å². The Morgan fingerprint density at radius 3 is 3.00 bits per heavy atom. The summed E-state index contributed by atoms with van der Waals surface area (Å²) in [4.78, 5) is 12.1. The molecule has 1 saturated heterocycles. The van der Waals surface area contributed by atoms with Crippen LogP contribution in [-0.4, -0.2) is 29.6 Å². The fraction of sp³-hybridized carbons (Fsp3) is 0.533. The maximum atomic E-state index is 12.1. The van der Waals surface area contributed by atoms with Gasteiger partial charge in [-0.1, -0.05) is 29.8 Å².